The van der Waals surface area contributed by atoms with E-state index in [1.807, 2.05) is 24.6 Å². The molecule has 0 bridgehead atoms. The first-order chi connectivity index (χ1) is 7.08. The van der Waals surface area contributed by atoms with Gasteiger partial charge in [0.1, 0.15) is 0 Å². The van der Waals surface area contributed by atoms with E-state index in [1.54, 1.807) is 0 Å². The Hall–Kier alpha value is -1.09. The fourth-order valence-electron chi connectivity index (χ4n) is 1.61. The second-order valence-corrected chi connectivity index (χ2v) is 3.85. The Morgan fingerprint density at radius 2 is 2.27 bits per heavy atom. The summed E-state index contributed by atoms with van der Waals surface area (Å²) in [6.07, 6.45) is 1.07. The number of rotatable bonds is 5. The van der Waals surface area contributed by atoms with E-state index in [0.717, 1.165) is 29.9 Å². The van der Waals surface area contributed by atoms with Crippen LogP contribution in [0, 0.1) is 6.92 Å². The van der Waals surface area contributed by atoms with Crippen molar-refractivity contribution in [3.8, 4) is 0 Å². The third-order valence-corrected chi connectivity index (χ3v) is 2.56. The highest BCUT2D eigenvalue weighted by molar-refractivity contribution is 5.14. The van der Waals surface area contributed by atoms with Gasteiger partial charge in [-0.1, -0.05) is 19.1 Å². The van der Waals surface area contributed by atoms with Crippen LogP contribution < -0.4 is 0 Å². The lowest BCUT2D eigenvalue weighted by atomic mass is 10.1. The molecule has 1 aromatic rings. The Labute approximate surface area is 91.4 Å². The first-order valence-corrected chi connectivity index (χ1v) is 5.47. The molecule has 0 aliphatic heterocycles. The van der Waals surface area contributed by atoms with E-state index >= 15 is 0 Å². The first-order valence-electron chi connectivity index (χ1n) is 5.47. The van der Waals surface area contributed by atoms with Gasteiger partial charge in [0.15, 0.2) is 0 Å². The molecule has 0 saturated heterocycles. The van der Waals surface area contributed by atoms with Crippen molar-refractivity contribution in [2.45, 2.75) is 46.3 Å². The highest BCUT2D eigenvalue weighted by atomic mass is 16.3. The molecule has 15 heavy (non-hydrogen) atoms. The molecular weight excluding hydrogens is 188 g/mol. The number of aliphatic hydroxyl groups is 1. The van der Waals surface area contributed by atoms with Gasteiger partial charge in [0.25, 0.3) is 0 Å². The standard InChI is InChI=1S/C12H20N2O/c1-5-9(3)7-12(15)11-8-10(4)13-14(11)6-2/h8,12,15H,3,5-7H2,1-2,4H3. The summed E-state index contributed by atoms with van der Waals surface area (Å²) in [6.45, 7) is 10.7. The van der Waals surface area contributed by atoms with Crippen LogP contribution in [0.5, 0.6) is 0 Å². The summed E-state index contributed by atoms with van der Waals surface area (Å²) in [5.41, 5.74) is 2.92. The van der Waals surface area contributed by atoms with Crippen molar-refractivity contribution >= 4 is 0 Å². The van der Waals surface area contributed by atoms with E-state index in [9.17, 15) is 5.11 Å². The van der Waals surface area contributed by atoms with Crippen molar-refractivity contribution in [3.63, 3.8) is 0 Å². The second-order valence-electron chi connectivity index (χ2n) is 3.85. The van der Waals surface area contributed by atoms with Crippen molar-refractivity contribution in [1.82, 2.24) is 9.78 Å². The zero-order valence-electron chi connectivity index (χ0n) is 9.82. The number of aromatic nitrogens is 2. The average molecular weight is 208 g/mol. The number of hydrogen-bond acceptors (Lipinski definition) is 2. The van der Waals surface area contributed by atoms with Crippen LogP contribution in [0.2, 0.25) is 0 Å². The minimum Gasteiger partial charge on any atom is -0.386 e. The van der Waals surface area contributed by atoms with Crippen molar-refractivity contribution in [3.05, 3.63) is 29.6 Å². The molecule has 0 aliphatic carbocycles. The van der Waals surface area contributed by atoms with Crippen molar-refractivity contribution < 1.29 is 5.11 Å². The molecule has 3 nitrogen and oxygen atoms in total. The topological polar surface area (TPSA) is 38.1 Å². The Bertz CT molecular complexity index is 341. The summed E-state index contributed by atoms with van der Waals surface area (Å²) < 4.78 is 1.85. The van der Waals surface area contributed by atoms with Gasteiger partial charge in [-0.3, -0.25) is 4.68 Å². The Morgan fingerprint density at radius 1 is 1.60 bits per heavy atom. The molecule has 1 aromatic heterocycles. The lowest BCUT2D eigenvalue weighted by molar-refractivity contribution is 0.166. The minimum absolute atomic E-state index is 0.474. The summed E-state index contributed by atoms with van der Waals surface area (Å²) in [7, 11) is 0. The largest absolute Gasteiger partial charge is 0.386 e. The van der Waals surface area contributed by atoms with Crippen LogP contribution in [-0.2, 0) is 6.54 Å². The Balaban J connectivity index is 2.80. The van der Waals surface area contributed by atoms with Gasteiger partial charge in [0, 0.05) is 6.54 Å². The molecule has 0 amide bonds. The normalized spacial score (nSPS) is 12.8. The van der Waals surface area contributed by atoms with E-state index in [4.69, 9.17) is 0 Å². The second kappa shape index (κ2) is 5.12. The summed E-state index contributed by atoms with van der Waals surface area (Å²) in [6, 6.07) is 1.94. The van der Waals surface area contributed by atoms with Crippen LogP contribution in [0.4, 0.5) is 0 Å². The zero-order valence-corrected chi connectivity index (χ0v) is 9.82. The maximum Gasteiger partial charge on any atom is 0.0993 e. The van der Waals surface area contributed by atoms with Gasteiger partial charge in [-0.15, -0.1) is 0 Å². The number of hydrogen-bond donors (Lipinski definition) is 1. The number of aryl methyl sites for hydroxylation is 2. The monoisotopic (exact) mass is 208 g/mol. The van der Waals surface area contributed by atoms with Gasteiger partial charge in [-0.05, 0) is 32.8 Å². The fraction of sp³-hybridized carbons (Fsp3) is 0.583. The van der Waals surface area contributed by atoms with E-state index in [1.165, 1.54) is 0 Å². The SMILES string of the molecule is C=C(CC)CC(O)c1cc(C)nn1CC. The molecule has 0 aromatic carbocycles. The lowest BCUT2D eigenvalue weighted by Gasteiger charge is -2.12. The Morgan fingerprint density at radius 3 is 2.80 bits per heavy atom. The highest BCUT2D eigenvalue weighted by Gasteiger charge is 2.14. The van der Waals surface area contributed by atoms with Crippen molar-refractivity contribution in [2.75, 3.05) is 0 Å². The van der Waals surface area contributed by atoms with Crippen LogP contribution in [0.1, 0.15) is 44.2 Å². The number of nitrogens with zero attached hydrogens (tertiary/aromatic N) is 2. The fourth-order valence-corrected chi connectivity index (χ4v) is 1.61. The van der Waals surface area contributed by atoms with Gasteiger partial charge in [0.05, 0.1) is 17.5 Å². The molecule has 0 fully saturated rings. The minimum atomic E-state index is -0.474. The molecule has 1 heterocycles. The predicted molar refractivity (Wildman–Crippen MR) is 61.6 cm³/mol. The van der Waals surface area contributed by atoms with Crippen LogP contribution in [0.25, 0.3) is 0 Å². The van der Waals surface area contributed by atoms with Gasteiger partial charge in [-0.25, -0.2) is 0 Å². The quantitative estimate of drug-likeness (QED) is 0.755. The predicted octanol–water partition coefficient (Wildman–Crippen LogP) is 2.60. The molecule has 0 spiro atoms. The maximum absolute atomic E-state index is 10.0. The third kappa shape index (κ3) is 2.93. The first kappa shape index (κ1) is 12.0. The molecule has 0 radical (unpaired) electrons. The van der Waals surface area contributed by atoms with Crippen LogP contribution in [-0.4, -0.2) is 14.9 Å². The van der Waals surface area contributed by atoms with E-state index in [0.29, 0.717) is 6.42 Å². The van der Waals surface area contributed by atoms with Crippen LogP contribution >= 0.6 is 0 Å². The van der Waals surface area contributed by atoms with Gasteiger partial charge in [-0.2, -0.15) is 5.10 Å². The van der Waals surface area contributed by atoms with E-state index < -0.39 is 6.10 Å². The van der Waals surface area contributed by atoms with Crippen LogP contribution in [0.3, 0.4) is 0 Å². The summed E-state index contributed by atoms with van der Waals surface area (Å²) in [5.74, 6) is 0. The molecule has 0 aliphatic rings. The van der Waals surface area contributed by atoms with E-state index in [-0.39, 0.29) is 0 Å². The lowest BCUT2D eigenvalue weighted by Crippen LogP contribution is -2.08. The Kier molecular flexibility index (Phi) is 4.09. The van der Waals surface area contributed by atoms with Gasteiger partial charge in [0.2, 0.25) is 0 Å². The van der Waals surface area contributed by atoms with Crippen LogP contribution in [0.15, 0.2) is 18.2 Å². The molecule has 1 N–H and O–H groups in total. The van der Waals surface area contributed by atoms with E-state index in [2.05, 4.69) is 18.6 Å². The molecular formula is C12H20N2O. The van der Waals surface area contributed by atoms with Crippen molar-refractivity contribution in [1.29, 1.82) is 0 Å². The summed E-state index contributed by atoms with van der Waals surface area (Å²) in [5, 5.41) is 14.3. The van der Waals surface area contributed by atoms with Crippen molar-refractivity contribution in [2.24, 2.45) is 0 Å². The molecule has 3 heteroatoms. The molecule has 1 unspecified atom stereocenters. The highest BCUT2D eigenvalue weighted by Crippen LogP contribution is 2.22. The average Bonchev–Trinajstić information content (AvgIpc) is 2.59. The smallest absolute Gasteiger partial charge is 0.0993 e. The molecule has 84 valence electrons. The summed E-state index contributed by atoms with van der Waals surface area (Å²) in [4.78, 5) is 0. The zero-order chi connectivity index (χ0) is 11.4. The number of aliphatic hydroxyl groups excluding tert-OH is 1. The van der Waals surface area contributed by atoms with Gasteiger partial charge >= 0.3 is 0 Å². The third-order valence-electron chi connectivity index (χ3n) is 2.56. The maximum atomic E-state index is 10.0. The van der Waals surface area contributed by atoms with Gasteiger partial charge < -0.3 is 5.11 Å². The molecule has 1 atom stereocenters. The molecule has 1 rings (SSSR count). The summed E-state index contributed by atoms with van der Waals surface area (Å²) >= 11 is 0. The molecule has 0 saturated carbocycles.